The van der Waals surface area contributed by atoms with Gasteiger partial charge in [0.1, 0.15) is 5.75 Å². The molecule has 0 atom stereocenters. The molecule has 1 aliphatic rings. The van der Waals surface area contributed by atoms with Crippen molar-refractivity contribution in [2.45, 2.75) is 12.8 Å². The Balaban J connectivity index is 1.43. The standard InChI is InChI=1S/C20H26N2O/c1-23-20-11-5-10-19(17-20)22-15-13-21(14-16-22)12-6-9-18-7-3-2-4-8-18/h2-5,7-8,10-11,17H,6,9,12-16H2,1H3. The van der Waals surface area contributed by atoms with E-state index in [2.05, 4.69) is 58.3 Å². The second-order valence-electron chi connectivity index (χ2n) is 6.12. The Morgan fingerprint density at radius 3 is 2.43 bits per heavy atom. The number of anilines is 1. The molecule has 0 aromatic heterocycles. The fourth-order valence-corrected chi connectivity index (χ4v) is 3.19. The third kappa shape index (κ3) is 4.49. The summed E-state index contributed by atoms with van der Waals surface area (Å²) >= 11 is 0. The van der Waals surface area contributed by atoms with Crippen LogP contribution in [0.2, 0.25) is 0 Å². The number of nitrogens with zero attached hydrogens (tertiary/aromatic N) is 2. The highest BCUT2D eigenvalue weighted by molar-refractivity contribution is 5.51. The lowest BCUT2D eigenvalue weighted by Crippen LogP contribution is -2.46. The van der Waals surface area contributed by atoms with Crippen LogP contribution in [0.25, 0.3) is 0 Å². The van der Waals surface area contributed by atoms with Crippen molar-refractivity contribution in [2.24, 2.45) is 0 Å². The molecule has 3 heteroatoms. The van der Waals surface area contributed by atoms with Crippen molar-refractivity contribution < 1.29 is 4.74 Å². The van der Waals surface area contributed by atoms with E-state index in [1.807, 2.05) is 6.07 Å². The maximum absolute atomic E-state index is 5.32. The quantitative estimate of drug-likeness (QED) is 0.813. The highest BCUT2D eigenvalue weighted by Crippen LogP contribution is 2.22. The zero-order valence-electron chi connectivity index (χ0n) is 13.9. The molecule has 122 valence electrons. The van der Waals surface area contributed by atoms with Gasteiger partial charge in [0.05, 0.1) is 7.11 Å². The Morgan fingerprint density at radius 2 is 1.70 bits per heavy atom. The van der Waals surface area contributed by atoms with E-state index in [-0.39, 0.29) is 0 Å². The van der Waals surface area contributed by atoms with Crippen LogP contribution in [0.15, 0.2) is 54.6 Å². The van der Waals surface area contributed by atoms with Crippen molar-refractivity contribution in [3.63, 3.8) is 0 Å². The Morgan fingerprint density at radius 1 is 0.913 bits per heavy atom. The van der Waals surface area contributed by atoms with Crippen LogP contribution >= 0.6 is 0 Å². The first-order valence-corrected chi connectivity index (χ1v) is 8.50. The number of rotatable bonds is 6. The number of piperazine rings is 1. The van der Waals surface area contributed by atoms with Crippen molar-refractivity contribution >= 4 is 5.69 Å². The van der Waals surface area contributed by atoms with Gasteiger partial charge in [-0.1, -0.05) is 36.4 Å². The van der Waals surface area contributed by atoms with Gasteiger partial charge in [-0.15, -0.1) is 0 Å². The molecule has 23 heavy (non-hydrogen) atoms. The number of ether oxygens (including phenoxy) is 1. The Labute approximate surface area is 139 Å². The van der Waals surface area contributed by atoms with Crippen molar-refractivity contribution in [3.05, 3.63) is 60.2 Å². The average Bonchev–Trinajstić information content (AvgIpc) is 2.63. The molecule has 0 bridgehead atoms. The zero-order valence-corrected chi connectivity index (χ0v) is 13.9. The highest BCUT2D eigenvalue weighted by Gasteiger charge is 2.17. The molecule has 1 fully saturated rings. The molecule has 2 aromatic rings. The summed E-state index contributed by atoms with van der Waals surface area (Å²) in [6, 6.07) is 19.2. The van der Waals surface area contributed by atoms with Gasteiger partial charge in [0.15, 0.2) is 0 Å². The number of benzene rings is 2. The summed E-state index contributed by atoms with van der Waals surface area (Å²) in [4.78, 5) is 5.04. The summed E-state index contributed by atoms with van der Waals surface area (Å²) in [6.45, 7) is 5.68. The smallest absolute Gasteiger partial charge is 0.120 e. The SMILES string of the molecule is COc1cccc(N2CCN(CCCc3ccccc3)CC2)c1. The summed E-state index contributed by atoms with van der Waals surface area (Å²) in [7, 11) is 1.73. The molecule has 0 radical (unpaired) electrons. The summed E-state index contributed by atoms with van der Waals surface area (Å²) in [5, 5.41) is 0. The van der Waals surface area contributed by atoms with Crippen molar-refractivity contribution in [1.82, 2.24) is 4.90 Å². The Kier molecular flexibility index (Phi) is 5.54. The Bertz CT molecular complexity index is 592. The minimum absolute atomic E-state index is 0.938. The molecule has 0 aliphatic carbocycles. The summed E-state index contributed by atoms with van der Waals surface area (Å²) in [5.41, 5.74) is 2.72. The van der Waals surface area contributed by atoms with Gasteiger partial charge in [0, 0.05) is 37.9 Å². The second kappa shape index (κ2) is 8.02. The fourth-order valence-electron chi connectivity index (χ4n) is 3.19. The van der Waals surface area contributed by atoms with Gasteiger partial charge in [-0.3, -0.25) is 4.90 Å². The molecule has 0 saturated carbocycles. The summed E-state index contributed by atoms with van der Waals surface area (Å²) in [6.07, 6.45) is 2.42. The lowest BCUT2D eigenvalue weighted by atomic mass is 10.1. The van der Waals surface area contributed by atoms with E-state index in [0.717, 1.165) is 31.9 Å². The molecule has 0 N–H and O–H groups in total. The predicted molar refractivity (Wildman–Crippen MR) is 96.4 cm³/mol. The maximum atomic E-state index is 5.32. The monoisotopic (exact) mass is 310 g/mol. The van der Waals surface area contributed by atoms with E-state index in [9.17, 15) is 0 Å². The van der Waals surface area contributed by atoms with E-state index in [4.69, 9.17) is 4.74 Å². The second-order valence-corrected chi connectivity index (χ2v) is 6.12. The van der Waals surface area contributed by atoms with Crippen LogP contribution in [0.5, 0.6) is 5.75 Å². The van der Waals surface area contributed by atoms with Gasteiger partial charge in [0.2, 0.25) is 0 Å². The molecular formula is C20H26N2O. The van der Waals surface area contributed by atoms with Crippen LogP contribution < -0.4 is 9.64 Å². The van der Waals surface area contributed by atoms with Crippen molar-refractivity contribution in [2.75, 3.05) is 44.7 Å². The third-order valence-corrected chi connectivity index (χ3v) is 4.57. The number of hydrogen-bond acceptors (Lipinski definition) is 3. The first kappa shape index (κ1) is 15.9. The van der Waals surface area contributed by atoms with Crippen LogP contribution in [-0.4, -0.2) is 44.7 Å². The fraction of sp³-hybridized carbons (Fsp3) is 0.400. The Hall–Kier alpha value is -2.00. The van der Waals surface area contributed by atoms with Crippen molar-refractivity contribution in [3.8, 4) is 5.75 Å². The van der Waals surface area contributed by atoms with E-state index in [0.29, 0.717) is 0 Å². The van der Waals surface area contributed by atoms with E-state index in [1.165, 1.54) is 30.6 Å². The number of aryl methyl sites for hydroxylation is 1. The van der Waals surface area contributed by atoms with E-state index in [1.54, 1.807) is 7.11 Å². The van der Waals surface area contributed by atoms with Crippen LogP contribution in [0.1, 0.15) is 12.0 Å². The number of hydrogen-bond donors (Lipinski definition) is 0. The minimum Gasteiger partial charge on any atom is -0.497 e. The lowest BCUT2D eigenvalue weighted by molar-refractivity contribution is 0.255. The molecule has 1 saturated heterocycles. The van der Waals surface area contributed by atoms with Crippen LogP contribution in [-0.2, 0) is 6.42 Å². The van der Waals surface area contributed by atoms with Crippen LogP contribution in [0.4, 0.5) is 5.69 Å². The molecule has 1 aliphatic heterocycles. The summed E-state index contributed by atoms with van der Waals surface area (Å²) in [5.74, 6) is 0.938. The highest BCUT2D eigenvalue weighted by atomic mass is 16.5. The van der Waals surface area contributed by atoms with Crippen LogP contribution in [0.3, 0.4) is 0 Å². The molecule has 0 spiro atoms. The topological polar surface area (TPSA) is 15.7 Å². The minimum atomic E-state index is 0.938. The first-order chi connectivity index (χ1) is 11.3. The normalized spacial score (nSPS) is 15.6. The van der Waals surface area contributed by atoms with Gasteiger partial charge in [-0.05, 0) is 37.1 Å². The zero-order chi connectivity index (χ0) is 15.9. The molecule has 3 nitrogen and oxygen atoms in total. The van der Waals surface area contributed by atoms with Gasteiger partial charge < -0.3 is 9.64 Å². The van der Waals surface area contributed by atoms with Gasteiger partial charge in [-0.2, -0.15) is 0 Å². The number of methoxy groups -OCH3 is 1. The van der Waals surface area contributed by atoms with E-state index >= 15 is 0 Å². The third-order valence-electron chi connectivity index (χ3n) is 4.57. The lowest BCUT2D eigenvalue weighted by Gasteiger charge is -2.36. The van der Waals surface area contributed by atoms with Crippen LogP contribution in [0, 0.1) is 0 Å². The summed E-state index contributed by atoms with van der Waals surface area (Å²) < 4.78 is 5.32. The molecular weight excluding hydrogens is 284 g/mol. The van der Waals surface area contributed by atoms with Gasteiger partial charge in [0.25, 0.3) is 0 Å². The van der Waals surface area contributed by atoms with Gasteiger partial charge in [-0.25, -0.2) is 0 Å². The molecule has 0 unspecified atom stereocenters. The first-order valence-electron chi connectivity index (χ1n) is 8.50. The predicted octanol–water partition coefficient (Wildman–Crippen LogP) is 3.45. The molecule has 2 aromatic carbocycles. The van der Waals surface area contributed by atoms with Crippen molar-refractivity contribution in [1.29, 1.82) is 0 Å². The largest absolute Gasteiger partial charge is 0.497 e. The molecule has 1 heterocycles. The van der Waals surface area contributed by atoms with E-state index < -0.39 is 0 Å². The van der Waals surface area contributed by atoms with Gasteiger partial charge >= 0.3 is 0 Å². The molecule has 3 rings (SSSR count). The maximum Gasteiger partial charge on any atom is 0.120 e. The average molecular weight is 310 g/mol. The molecule has 0 amide bonds.